The minimum absolute atomic E-state index is 0.273. The van der Waals surface area contributed by atoms with Crippen LogP contribution < -0.4 is 4.74 Å². The Morgan fingerprint density at radius 3 is 2.88 bits per heavy atom. The molecule has 0 fully saturated rings. The number of unbranched alkanes of at least 4 members (excludes halogenated alkanes) is 3. The highest BCUT2D eigenvalue weighted by Crippen LogP contribution is 2.22. The van der Waals surface area contributed by atoms with Crippen LogP contribution in [0.25, 0.3) is 0 Å². The van der Waals surface area contributed by atoms with Crippen molar-refractivity contribution in [1.82, 2.24) is 0 Å². The summed E-state index contributed by atoms with van der Waals surface area (Å²) in [6.07, 6.45) is 3.23. The number of hydrogen-bond acceptors (Lipinski definition) is 2. The van der Waals surface area contributed by atoms with Crippen molar-refractivity contribution in [1.29, 1.82) is 5.26 Å². The van der Waals surface area contributed by atoms with Gasteiger partial charge < -0.3 is 4.74 Å². The van der Waals surface area contributed by atoms with Gasteiger partial charge in [-0.3, -0.25) is 0 Å². The molecule has 0 aromatic heterocycles. The molecule has 0 saturated carbocycles. The molecule has 0 amide bonds. The Morgan fingerprint density at radius 2 is 2.12 bits per heavy atom. The first kappa shape index (κ1) is 13.0. The number of ether oxygens (including phenoxy) is 1. The van der Waals surface area contributed by atoms with Crippen molar-refractivity contribution in [2.45, 2.75) is 25.7 Å². The Kier molecular flexibility index (Phi) is 5.87. The van der Waals surface area contributed by atoms with Crippen LogP contribution in [-0.2, 0) is 0 Å². The zero-order chi connectivity index (χ0) is 11.8. The summed E-state index contributed by atoms with van der Waals surface area (Å²) in [6, 6.07) is 6.71. The molecule has 0 aliphatic heterocycles. The summed E-state index contributed by atoms with van der Waals surface area (Å²) in [5, 5.41) is 8.33. The Morgan fingerprint density at radius 1 is 1.31 bits per heavy atom. The van der Waals surface area contributed by atoms with Gasteiger partial charge in [0.15, 0.2) is 11.6 Å². The number of nitrogens with zero attached hydrogens (tertiary/aromatic N) is 1. The SMILES string of the molecule is N#CCCCCCOc1cc(Br)ccc1F. The molecular formula is C12H13BrFNO. The molecular weight excluding hydrogens is 273 g/mol. The lowest BCUT2D eigenvalue weighted by molar-refractivity contribution is 0.291. The van der Waals surface area contributed by atoms with Crippen molar-refractivity contribution in [3.8, 4) is 11.8 Å². The summed E-state index contributed by atoms with van der Waals surface area (Å²) in [5.41, 5.74) is 0. The number of rotatable bonds is 6. The molecule has 0 spiro atoms. The Bertz CT molecular complexity index is 376. The molecule has 0 N–H and O–H groups in total. The fourth-order valence-corrected chi connectivity index (χ4v) is 1.59. The van der Waals surface area contributed by atoms with E-state index in [1.807, 2.05) is 0 Å². The van der Waals surface area contributed by atoms with Crippen molar-refractivity contribution in [3.05, 3.63) is 28.5 Å². The summed E-state index contributed by atoms with van der Waals surface area (Å²) in [5.74, 6) is -0.0742. The molecule has 1 aromatic carbocycles. The maximum absolute atomic E-state index is 13.2. The molecule has 0 aliphatic rings. The summed E-state index contributed by atoms with van der Waals surface area (Å²) >= 11 is 3.26. The molecule has 4 heteroatoms. The third kappa shape index (κ3) is 4.63. The van der Waals surface area contributed by atoms with Crippen molar-refractivity contribution in [2.24, 2.45) is 0 Å². The largest absolute Gasteiger partial charge is 0.490 e. The average Bonchev–Trinajstić information content (AvgIpc) is 2.28. The van der Waals surface area contributed by atoms with Gasteiger partial charge in [0.2, 0.25) is 0 Å². The molecule has 2 nitrogen and oxygen atoms in total. The van der Waals surface area contributed by atoms with Crippen LogP contribution in [0.1, 0.15) is 25.7 Å². The highest BCUT2D eigenvalue weighted by Gasteiger charge is 2.03. The maximum Gasteiger partial charge on any atom is 0.165 e. The maximum atomic E-state index is 13.2. The van der Waals surface area contributed by atoms with E-state index < -0.39 is 0 Å². The second kappa shape index (κ2) is 7.24. The molecule has 0 saturated heterocycles. The van der Waals surface area contributed by atoms with Gasteiger partial charge in [-0.05, 0) is 37.5 Å². The summed E-state index contributed by atoms with van der Waals surface area (Å²) in [4.78, 5) is 0. The highest BCUT2D eigenvalue weighted by molar-refractivity contribution is 9.10. The van der Waals surface area contributed by atoms with Crippen LogP contribution in [0.2, 0.25) is 0 Å². The molecule has 0 bridgehead atoms. The van der Waals surface area contributed by atoms with Gasteiger partial charge in [0.05, 0.1) is 12.7 Å². The quantitative estimate of drug-likeness (QED) is 0.739. The third-order valence-corrected chi connectivity index (χ3v) is 2.58. The highest BCUT2D eigenvalue weighted by atomic mass is 79.9. The molecule has 1 aromatic rings. The monoisotopic (exact) mass is 285 g/mol. The normalized spacial score (nSPS) is 9.81. The van der Waals surface area contributed by atoms with Gasteiger partial charge in [0.25, 0.3) is 0 Å². The Hall–Kier alpha value is -1.08. The van der Waals surface area contributed by atoms with Crippen LogP contribution in [0.15, 0.2) is 22.7 Å². The van der Waals surface area contributed by atoms with Crippen LogP contribution in [0.5, 0.6) is 5.75 Å². The standard InChI is InChI=1S/C12H13BrFNO/c13-10-5-6-11(14)12(9-10)16-8-4-2-1-3-7-15/h5-6,9H,1-4,8H2. The minimum atomic E-state index is -0.347. The summed E-state index contributed by atoms with van der Waals surface area (Å²) < 4.78 is 19.3. The van der Waals surface area contributed by atoms with Crippen molar-refractivity contribution in [2.75, 3.05) is 6.61 Å². The van der Waals surface area contributed by atoms with E-state index in [2.05, 4.69) is 22.0 Å². The fraction of sp³-hybridized carbons (Fsp3) is 0.417. The molecule has 0 unspecified atom stereocenters. The summed E-state index contributed by atoms with van der Waals surface area (Å²) in [6.45, 7) is 0.485. The molecule has 0 radical (unpaired) electrons. The first-order valence-electron chi connectivity index (χ1n) is 5.19. The summed E-state index contributed by atoms with van der Waals surface area (Å²) in [7, 11) is 0. The van der Waals surface area contributed by atoms with Crippen molar-refractivity contribution in [3.63, 3.8) is 0 Å². The van der Waals surface area contributed by atoms with Gasteiger partial charge in [-0.15, -0.1) is 0 Å². The van der Waals surface area contributed by atoms with Crippen LogP contribution in [0, 0.1) is 17.1 Å². The van der Waals surface area contributed by atoms with E-state index in [-0.39, 0.29) is 11.6 Å². The first-order chi connectivity index (χ1) is 7.74. The van der Waals surface area contributed by atoms with Crippen LogP contribution in [0.4, 0.5) is 4.39 Å². The molecule has 0 aliphatic carbocycles. The van der Waals surface area contributed by atoms with Crippen LogP contribution >= 0.6 is 15.9 Å². The lowest BCUT2D eigenvalue weighted by atomic mass is 10.2. The van der Waals surface area contributed by atoms with E-state index in [0.29, 0.717) is 13.0 Å². The van der Waals surface area contributed by atoms with Gasteiger partial charge in [-0.2, -0.15) is 5.26 Å². The van der Waals surface area contributed by atoms with Crippen LogP contribution in [0.3, 0.4) is 0 Å². The zero-order valence-corrected chi connectivity index (χ0v) is 10.5. The zero-order valence-electron chi connectivity index (χ0n) is 8.88. The Labute approximate surface area is 103 Å². The lowest BCUT2D eigenvalue weighted by Crippen LogP contribution is -1.99. The van der Waals surface area contributed by atoms with E-state index in [1.165, 1.54) is 6.07 Å². The molecule has 0 heterocycles. The molecule has 1 rings (SSSR count). The topological polar surface area (TPSA) is 33.0 Å². The molecule has 86 valence electrons. The first-order valence-corrected chi connectivity index (χ1v) is 5.98. The van der Waals surface area contributed by atoms with E-state index in [0.717, 1.165) is 23.7 Å². The van der Waals surface area contributed by atoms with E-state index >= 15 is 0 Å². The van der Waals surface area contributed by atoms with Gasteiger partial charge in [0, 0.05) is 10.9 Å². The van der Waals surface area contributed by atoms with Gasteiger partial charge in [-0.25, -0.2) is 4.39 Å². The number of halogens is 2. The van der Waals surface area contributed by atoms with E-state index in [4.69, 9.17) is 10.00 Å². The Balaban J connectivity index is 2.27. The average molecular weight is 286 g/mol. The van der Waals surface area contributed by atoms with Gasteiger partial charge in [-0.1, -0.05) is 15.9 Å². The smallest absolute Gasteiger partial charge is 0.165 e. The van der Waals surface area contributed by atoms with E-state index in [9.17, 15) is 4.39 Å². The predicted molar refractivity (Wildman–Crippen MR) is 63.7 cm³/mol. The minimum Gasteiger partial charge on any atom is -0.490 e. The van der Waals surface area contributed by atoms with E-state index in [1.54, 1.807) is 12.1 Å². The second-order valence-electron chi connectivity index (χ2n) is 3.39. The fourth-order valence-electron chi connectivity index (χ4n) is 1.25. The van der Waals surface area contributed by atoms with Gasteiger partial charge >= 0.3 is 0 Å². The van der Waals surface area contributed by atoms with Crippen molar-refractivity contribution >= 4 is 15.9 Å². The number of hydrogen-bond donors (Lipinski definition) is 0. The van der Waals surface area contributed by atoms with Crippen LogP contribution in [-0.4, -0.2) is 6.61 Å². The van der Waals surface area contributed by atoms with Gasteiger partial charge in [0.1, 0.15) is 0 Å². The third-order valence-electron chi connectivity index (χ3n) is 2.08. The van der Waals surface area contributed by atoms with Crippen molar-refractivity contribution < 1.29 is 9.13 Å². The second-order valence-corrected chi connectivity index (χ2v) is 4.31. The predicted octanol–water partition coefficient (Wildman–Crippen LogP) is 4.05. The molecule has 16 heavy (non-hydrogen) atoms. The number of benzene rings is 1. The lowest BCUT2D eigenvalue weighted by Gasteiger charge is -2.06. The molecule has 0 atom stereocenters. The number of nitriles is 1.